The summed E-state index contributed by atoms with van der Waals surface area (Å²) in [5.74, 6) is 7.23. The minimum absolute atomic E-state index is 0.0270. The number of aryl methyl sites for hydroxylation is 1. The summed E-state index contributed by atoms with van der Waals surface area (Å²) in [5, 5.41) is 8.91. The van der Waals surface area contributed by atoms with Gasteiger partial charge >= 0.3 is 23.9 Å². The van der Waals surface area contributed by atoms with E-state index in [1.54, 1.807) is 26.0 Å². The zero-order valence-corrected chi connectivity index (χ0v) is 38.0. The van der Waals surface area contributed by atoms with Crippen molar-refractivity contribution in [2.45, 2.75) is 169 Å². The minimum Gasteiger partial charge on any atom is -0.508 e. The maximum atomic E-state index is 12.0. The molecule has 1 N–H and O–H groups in total. The normalized spacial score (nSPS) is 32.8. The van der Waals surface area contributed by atoms with Gasteiger partial charge in [0.25, 0.3) is 0 Å². The van der Waals surface area contributed by atoms with Gasteiger partial charge in [-0.3, -0.25) is 19.2 Å². The molecule has 1 heterocycles. The van der Waals surface area contributed by atoms with Crippen LogP contribution in [0.2, 0.25) is 0 Å². The SMILES string of the molecule is CCC(=O)OC1(CC)CC2CCC1C1C3CCC(C3)C21.CCC(=O)OC1C2CC3C(=O)OC1C3C2.CCC(=O)Oc1ccc(O)cc1.CCc1ccc(OC(C)(C)CC)cc1. The van der Waals surface area contributed by atoms with Crippen LogP contribution in [0.25, 0.3) is 0 Å². The van der Waals surface area contributed by atoms with Crippen molar-refractivity contribution in [3.63, 3.8) is 0 Å². The Morgan fingerprint density at radius 3 is 1.97 bits per heavy atom. The highest BCUT2D eigenvalue weighted by Crippen LogP contribution is 2.68. The first-order valence-corrected chi connectivity index (χ1v) is 23.6. The lowest BCUT2D eigenvalue weighted by Crippen LogP contribution is -2.58. The molecule has 8 aliphatic rings. The average molecular weight is 845 g/mol. The number of fused-ring (bicyclic) bond motifs is 5. The van der Waals surface area contributed by atoms with Crippen molar-refractivity contribution >= 4 is 23.9 Å². The molecular weight excluding hydrogens is 773 g/mol. The molecule has 2 aromatic rings. The molecule has 7 saturated carbocycles. The monoisotopic (exact) mass is 845 g/mol. The number of ether oxygens (including phenoxy) is 5. The minimum atomic E-state index is -0.277. The summed E-state index contributed by atoms with van der Waals surface area (Å²) in [5.41, 5.74) is 1.20. The second kappa shape index (κ2) is 20.0. The molecule has 7 aliphatic carbocycles. The Bertz CT molecular complexity index is 1800. The summed E-state index contributed by atoms with van der Waals surface area (Å²) in [6.45, 7) is 16.2. The second-order valence-corrected chi connectivity index (χ2v) is 19.1. The summed E-state index contributed by atoms with van der Waals surface area (Å²) < 4.78 is 27.4. The first-order chi connectivity index (χ1) is 29.2. The first kappa shape index (κ1) is 46.4. The number of aromatic hydroxyl groups is 1. The van der Waals surface area contributed by atoms with E-state index in [9.17, 15) is 19.2 Å². The van der Waals surface area contributed by atoms with Gasteiger partial charge in [0.1, 0.15) is 40.7 Å². The number of rotatable bonds is 11. The summed E-state index contributed by atoms with van der Waals surface area (Å²) >= 11 is 0. The second-order valence-electron chi connectivity index (χ2n) is 19.1. The molecule has 10 heteroatoms. The summed E-state index contributed by atoms with van der Waals surface area (Å²) in [6, 6.07) is 14.4. The fourth-order valence-corrected chi connectivity index (χ4v) is 12.0. The molecule has 8 fully saturated rings. The Morgan fingerprint density at radius 1 is 0.738 bits per heavy atom. The van der Waals surface area contributed by atoms with Crippen molar-refractivity contribution in [1.29, 1.82) is 0 Å². The largest absolute Gasteiger partial charge is 0.508 e. The highest BCUT2D eigenvalue weighted by molar-refractivity contribution is 5.77. The fourth-order valence-electron chi connectivity index (χ4n) is 12.0. The van der Waals surface area contributed by atoms with Gasteiger partial charge in [0.2, 0.25) is 0 Å². The molecule has 10 rings (SSSR count). The lowest BCUT2D eigenvalue weighted by Gasteiger charge is -2.59. The van der Waals surface area contributed by atoms with Gasteiger partial charge in [-0.05, 0) is 156 Å². The van der Waals surface area contributed by atoms with E-state index in [4.69, 9.17) is 28.8 Å². The van der Waals surface area contributed by atoms with E-state index in [0.717, 1.165) is 67.4 Å². The van der Waals surface area contributed by atoms with Crippen LogP contribution in [-0.2, 0) is 39.8 Å². The third-order valence-electron chi connectivity index (χ3n) is 15.3. The van der Waals surface area contributed by atoms with Gasteiger partial charge in [-0.1, -0.05) is 53.7 Å². The van der Waals surface area contributed by atoms with Crippen LogP contribution >= 0.6 is 0 Å². The molecule has 2 aromatic carbocycles. The number of esters is 4. The smallest absolute Gasteiger partial charge is 0.310 e. The van der Waals surface area contributed by atoms with Crippen LogP contribution in [0.4, 0.5) is 0 Å². The highest BCUT2D eigenvalue weighted by atomic mass is 16.6. The Hall–Kier alpha value is -4.08. The molecule has 336 valence electrons. The van der Waals surface area contributed by atoms with E-state index >= 15 is 0 Å². The van der Waals surface area contributed by atoms with Gasteiger partial charge < -0.3 is 28.8 Å². The van der Waals surface area contributed by atoms with E-state index in [2.05, 4.69) is 58.9 Å². The Morgan fingerprint density at radius 2 is 1.36 bits per heavy atom. The van der Waals surface area contributed by atoms with E-state index in [-0.39, 0.29) is 59.0 Å². The van der Waals surface area contributed by atoms with E-state index < -0.39 is 0 Å². The van der Waals surface area contributed by atoms with Crippen molar-refractivity contribution in [3.8, 4) is 17.2 Å². The number of benzene rings is 2. The lowest BCUT2D eigenvalue weighted by molar-refractivity contribution is -0.203. The number of hydrogen-bond acceptors (Lipinski definition) is 10. The number of phenols is 1. The molecule has 0 spiro atoms. The Labute approximate surface area is 364 Å². The molecule has 0 aromatic heterocycles. The van der Waals surface area contributed by atoms with Crippen LogP contribution < -0.4 is 9.47 Å². The maximum Gasteiger partial charge on any atom is 0.310 e. The standard InChI is InChI=1S/C18H28O2.C13H20O.C11H14O4.C9H10O3/c1-3-15(19)20-18(4-2)10-13-7-8-14(18)17-12-6-5-11(9-12)16(13)17;1-5-11-7-9-12(10-8-11)14-13(3,4)6-2;1-2-8(12)14-9-5-3-6-7(4-5)11(13)15-10(6)9;1-2-9(11)12-8-5-3-7(10)4-6-8/h11-14,16-17H,3-10H2,1-2H3;7-10H,5-6H2,1-4H3;5-7,9-10H,2-4H2,1H3;3-6,10H,2H2,1H3. The summed E-state index contributed by atoms with van der Waals surface area (Å²) in [4.78, 5) is 45.4. The predicted molar refractivity (Wildman–Crippen MR) is 233 cm³/mol. The van der Waals surface area contributed by atoms with E-state index in [0.29, 0.717) is 42.8 Å². The maximum absolute atomic E-state index is 12.0. The molecule has 6 bridgehead atoms. The van der Waals surface area contributed by atoms with E-state index in [1.807, 2.05) is 6.92 Å². The average Bonchev–Trinajstić information content (AvgIpc) is 4.11. The zero-order chi connectivity index (χ0) is 44.1. The molecule has 0 radical (unpaired) electrons. The molecule has 1 saturated heterocycles. The van der Waals surface area contributed by atoms with Crippen LogP contribution in [-0.4, -0.2) is 52.4 Å². The Kier molecular flexibility index (Phi) is 15.2. The highest BCUT2D eigenvalue weighted by Gasteiger charge is 2.65. The summed E-state index contributed by atoms with van der Waals surface area (Å²) in [7, 11) is 0. The molecule has 0 amide bonds. The van der Waals surface area contributed by atoms with Crippen molar-refractivity contribution in [2.75, 3.05) is 0 Å². The van der Waals surface area contributed by atoms with Gasteiger partial charge in [-0.2, -0.15) is 0 Å². The molecular formula is C51H72O10. The topological polar surface area (TPSA) is 135 Å². The van der Waals surface area contributed by atoms with E-state index in [1.165, 1.54) is 56.2 Å². The van der Waals surface area contributed by atoms with Crippen molar-refractivity contribution in [1.82, 2.24) is 0 Å². The third kappa shape index (κ3) is 10.4. The van der Waals surface area contributed by atoms with Crippen LogP contribution in [0.15, 0.2) is 48.5 Å². The third-order valence-corrected chi connectivity index (χ3v) is 15.3. The van der Waals surface area contributed by atoms with Gasteiger partial charge in [-0.25, -0.2) is 0 Å². The van der Waals surface area contributed by atoms with Gasteiger partial charge in [0.05, 0.1) is 5.92 Å². The first-order valence-electron chi connectivity index (χ1n) is 23.6. The van der Waals surface area contributed by atoms with Crippen LogP contribution in [0.5, 0.6) is 17.2 Å². The summed E-state index contributed by atoms with van der Waals surface area (Å²) in [6.07, 6.45) is 14.2. The number of carbonyl (C=O) groups is 4. The molecule has 61 heavy (non-hydrogen) atoms. The Balaban J connectivity index is 0.000000139. The molecule has 12 atom stereocenters. The van der Waals surface area contributed by atoms with Crippen LogP contribution in [0.1, 0.15) is 144 Å². The van der Waals surface area contributed by atoms with Crippen molar-refractivity contribution in [2.24, 2.45) is 53.3 Å². The number of phenolic OH excluding ortho intramolecular Hbond substituents is 1. The lowest BCUT2D eigenvalue weighted by atomic mass is 9.49. The number of hydrogen-bond donors (Lipinski definition) is 1. The van der Waals surface area contributed by atoms with Crippen molar-refractivity contribution in [3.05, 3.63) is 54.1 Å². The van der Waals surface area contributed by atoms with Crippen LogP contribution in [0, 0.1) is 53.3 Å². The molecule has 12 unspecified atom stereocenters. The van der Waals surface area contributed by atoms with Crippen LogP contribution in [0.3, 0.4) is 0 Å². The quantitative estimate of drug-likeness (QED) is 0.132. The number of carbonyl (C=O) groups excluding carboxylic acids is 4. The molecule has 1 aliphatic heterocycles. The predicted octanol–water partition coefficient (Wildman–Crippen LogP) is 10.6. The molecule has 10 nitrogen and oxygen atoms in total. The van der Waals surface area contributed by atoms with Gasteiger partial charge in [0.15, 0.2) is 0 Å². The zero-order valence-electron chi connectivity index (χ0n) is 38.0. The van der Waals surface area contributed by atoms with Crippen molar-refractivity contribution < 1.29 is 48.0 Å². The van der Waals surface area contributed by atoms with Gasteiger partial charge in [-0.15, -0.1) is 0 Å². The fraction of sp³-hybridized carbons (Fsp3) is 0.686. The van der Waals surface area contributed by atoms with Gasteiger partial charge in [0, 0.05) is 37.0 Å².